The Bertz CT molecular complexity index is 1010. The second-order valence-electron chi connectivity index (χ2n) is 5.81. The van der Waals surface area contributed by atoms with Gasteiger partial charge in [-0.15, -0.1) is 11.3 Å². The average Bonchev–Trinajstić information content (AvgIpc) is 3.39. The number of thiophene rings is 1. The number of nitrogens with zero attached hydrogens (tertiary/aromatic N) is 4. The first-order valence-corrected chi connectivity index (χ1v) is 9.40. The summed E-state index contributed by atoms with van der Waals surface area (Å²) in [6, 6.07) is 13.3. The largest absolute Gasteiger partial charge is 0.350 e. The van der Waals surface area contributed by atoms with Crippen molar-refractivity contribution in [1.82, 2.24) is 25.1 Å². The van der Waals surface area contributed by atoms with E-state index in [1.54, 1.807) is 42.1 Å². The minimum Gasteiger partial charge on any atom is -0.350 e. The Kier molecular flexibility index (Phi) is 5.02. The van der Waals surface area contributed by atoms with Gasteiger partial charge in [-0.1, -0.05) is 12.1 Å². The number of hydrogen-bond donors (Lipinski definition) is 1. The molecule has 6 nitrogen and oxygen atoms in total. The molecule has 0 aliphatic rings. The normalized spacial score (nSPS) is 10.7. The van der Waals surface area contributed by atoms with E-state index >= 15 is 0 Å². The van der Waals surface area contributed by atoms with Crippen LogP contribution in [0.25, 0.3) is 21.8 Å². The lowest BCUT2D eigenvalue weighted by atomic mass is 10.1. The van der Waals surface area contributed by atoms with Gasteiger partial charge in [0, 0.05) is 36.3 Å². The van der Waals surface area contributed by atoms with Crippen LogP contribution in [0.2, 0.25) is 0 Å². The van der Waals surface area contributed by atoms with E-state index < -0.39 is 0 Å². The molecule has 4 aromatic heterocycles. The Morgan fingerprint density at radius 2 is 1.96 bits per heavy atom. The fraction of sp³-hybridized carbons (Fsp3) is 0.100. The van der Waals surface area contributed by atoms with E-state index in [4.69, 9.17) is 0 Å². The molecule has 0 fully saturated rings. The van der Waals surface area contributed by atoms with Crippen molar-refractivity contribution < 1.29 is 4.79 Å². The van der Waals surface area contributed by atoms with E-state index in [-0.39, 0.29) is 5.91 Å². The summed E-state index contributed by atoms with van der Waals surface area (Å²) < 4.78 is 1.92. The van der Waals surface area contributed by atoms with Crippen molar-refractivity contribution in [3.63, 3.8) is 0 Å². The quantitative estimate of drug-likeness (QED) is 0.560. The summed E-state index contributed by atoms with van der Waals surface area (Å²) in [6.07, 6.45) is 6.83. The van der Waals surface area contributed by atoms with Gasteiger partial charge in [0.15, 0.2) is 0 Å². The number of amides is 1. The highest BCUT2D eigenvalue weighted by Gasteiger charge is 2.16. The molecule has 4 aromatic rings. The number of hydrogen-bond acceptors (Lipinski definition) is 5. The van der Waals surface area contributed by atoms with Crippen molar-refractivity contribution >= 4 is 17.2 Å². The zero-order valence-corrected chi connectivity index (χ0v) is 15.3. The van der Waals surface area contributed by atoms with Crippen LogP contribution in [0.15, 0.2) is 72.6 Å². The van der Waals surface area contributed by atoms with Crippen molar-refractivity contribution in [2.45, 2.75) is 6.54 Å². The van der Waals surface area contributed by atoms with E-state index in [9.17, 15) is 4.79 Å². The maximum atomic E-state index is 12.2. The molecule has 0 bridgehead atoms. The lowest BCUT2D eigenvalue weighted by molar-refractivity contribution is 0.0952. The van der Waals surface area contributed by atoms with Gasteiger partial charge in [0.2, 0.25) is 0 Å². The molecular formula is C20H17N5OS. The number of carbonyl (C=O) groups is 1. The maximum absolute atomic E-state index is 12.2. The molecule has 4 heterocycles. The van der Waals surface area contributed by atoms with Gasteiger partial charge in [0.25, 0.3) is 5.91 Å². The summed E-state index contributed by atoms with van der Waals surface area (Å²) >= 11 is 1.66. The van der Waals surface area contributed by atoms with Gasteiger partial charge in [-0.05, 0) is 35.7 Å². The molecule has 0 aromatic carbocycles. The van der Waals surface area contributed by atoms with Crippen LogP contribution in [-0.4, -0.2) is 32.2 Å². The van der Waals surface area contributed by atoms with Crippen LogP contribution < -0.4 is 5.32 Å². The van der Waals surface area contributed by atoms with Crippen LogP contribution in [0, 0.1) is 0 Å². The second kappa shape index (κ2) is 7.92. The molecule has 0 aliphatic heterocycles. The standard InChI is InChI=1S/C20H17N5OS/c26-20(15-6-9-21-10-7-15)23-11-12-25-19(18-5-3-13-27-18)16(14-24-25)17-4-1-2-8-22-17/h1-10,13-14H,11-12H2,(H,23,26). The highest BCUT2D eigenvalue weighted by Crippen LogP contribution is 2.33. The summed E-state index contributed by atoms with van der Waals surface area (Å²) in [5.41, 5.74) is 3.48. The van der Waals surface area contributed by atoms with Crippen molar-refractivity contribution in [3.8, 4) is 21.8 Å². The molecule has 0 saturated carbocycles. The Balaban J connectivity index is 1.55. The zero-order valence-electron chi connectivity index (χ0n) is 14.4. The Morgan fingerprint density at radius 3 is 2.70 bits per heavy atom. The van der Waals surface area contributed by atoms with E-state index in [1.807, 2.05) is 40.5 Å². The van der Waals surface area contributed by atoms with Crippen molar-refractivity contribution in [3.05, 3.63) is 78.2 Å². The topological polar surface area (TPSA) is 72.7 Å². The van der Waals surface area contributed by atoms with E-state index in [0.29, 0.717) is 18.7 Å². The summed E-state index contributed by atoms with van der Waals surface area (Å²) in [5.74, 6) is -0.118. The molecule has 4 rings (SSSR count). The third-order valence-corrected chi connectivity index (χ3v) is 4.96. The van der Waals surface area contributed by atoms with Gasteiger partial charge >= 0.3 is 0 Å². The Morgan fingerprint density at radius 1 is 1.07 bits per heavy atom. The van der Waals surface area contributed by atoms with Crippen LogP contribution in [0.1, 0.15) is 10.4 Å². The first-order valence-electron chi connectivity index (χ1n) is 8.52. The van der Waals surface area contributed by atoms with Crippen molar-refractivity contribution in [2.75, 3.05) is 6.54 Å². The lowest BCUT2D eigenvalue weighted by Gasteiger charge is -2.09. The summed E-state index contributed by atoms with van der Waals surface area (Å²) in [4.78, 5) is 21.7. The fourth-order valence-electron chi connectivity index (χ4n) is 2.82. The fourth-order valence-corrected chi connectivity index (χ4v) is 3.61. The summed E-state index contributed by atoms with van der Waals surface area (Å²) in [6.45, 7) is 1.04. The molecular weight excluding hydrogens is 358 g/mol. The predicted molar refractivity (Wildman–Crippen MR) is 105 cm³/mol. The number of rotatable bonds is 6. The number of carbonyl (C=O) groups excluding carboxylic acids is 1. The van der Waals surface area contributed by atoms with Crippen LogP contribution in [0.5, 0.6) is 0 Å². The molecule has 134 valence electrons. The summed E-state index contributed by atoms with van der Waals surface area (Å²) in [5, 5.41) is 9.51. The third kappa shape index (κ3) is 3.78. The number of aromatic nitrogens is 4. The smallest absolute Gasteiger partial charge is 0.251 e. The molecule has 0 saturated heterocycles. The van der Waals surface area contributed by atoms with Crippen LogP contribution in [-0.2, 0) is 6.54 Å². The van der Waals surface area contributed by atoms with E-state index in [2.05, 4.69) is 26.4 Å². The first kappa shape index (κ1) is 17.1. The minimum absolute atomic E-state index is 0.118. The van der Waals surface area contributed by atoms with Gasteiger partial charge in [-0.2, -0.15) is 5.10 Å². The van der Waals surface area contributed by atoms with E-state index in [0.717, 1.165) is 21.8 Å². The molecule has 1 amide bonds. The lowest BCUT2D eigenvalue weighted by Crippen LogP contribution is -2.27. The van der Waals surface area contributed by atoms with Gasteiger partial charge in [0.1, 0.15) is 0 Å². The second-order valence-corrected chi connectivity index (χ2v) is 6.76. The number of pyridine rings is 2. The number of nitrogens with one attached hydrogen (secondary N) is 1. The van der Waals surface area contributed by atoms with Crippen molar-refractivity contribution in [1.29, 1.82) is 0 Å². The third-order valence-electron chi connectivity index (χ3n) is 4.09. The molecule has 0 unspecified atom stereocenters. The molecule has 0 spiro atoms. The van der Waals surface area contributed by atoms with Gasteiger partial charge < -0.3 is 5.32 Å². The molecule has 0 aliphatic carbocycles. The molecule has 0 atom stereocenters. The van der Waals surface area contributed by atoms with Crippen LogP contribution in [0.4, 0.5) is 0 Å². The highest BCUT2D eigenvalue weighted by molar-refractivity contribution is 7.13. The zero-order chi connectivity index (χ0) is 18.5. The van der Waals surface area contributed by atoms with Crippen LogP contribution in [0.3, 0.4) is 0 Å². The molecule has 0 radical (unpaired) electrons. The molecule has 1 N–H and O–H groups in total. The summed E-state index contributed by atoms with van der Waals surface area (Å²) in [7, 11) is 0. The first-order chi connectivity index (χ1) is 13.3. The van der Waals surface area contributed by atoms with Crippen molar-refractivity contribution in [2.24, 2.45) is 0 Å². The Hall–Kier alpha value is -3.32. The monoisotopic (exact) mass is 375 g/mol. The average molecular weight is 375 g/mol. The maximum Gasteiger partial charge on any atom is 0.251 e. The van der Waals surface area contributed by atoms with E-state index in [1.165, 1.54) is 0 Å². The van der Waals surface area contributed by atoms with Gasteiger partial charge in [-0.3, -0.25) is 19.4 Å². The molecule has 7 heteroatoms. The Labute approximate surface area is 160 Å². The SMILES string of the molecule is O=C(NCCn1ncc(-c2ccccn2)c1-c1cccs1)c1ccncc1. The molecule has 27 heavy (non-hydrogen) atoms. The van der Waals surface area contributed by atoms with Crippen LogP contribution >= 0.6 is 11.3 Å². The highest BCUT2D eigenvalue weighted by atomic mass is 32.1. The van der Waals surface area contributed by atoms with Gasteiger partial charge in [-0.25, -0.2) is 0 Å². The minimum atomic E-state index is -0.118. The predicted octanol–water partition coefficient (Wildman–Crippen LogP) is 3.50. The van der Waals surface area contributed by atoms with Gasteiger partial charge in [0.05, 0.1) is 29.0 Å².